The lowest BCUT2D eigenvalue weighted by Gasteiger charge is -2.43. The Morgan fingerprint density at radius 3 is 2.53 bits per heavy atom. The van der Waals surface area contributed by atoms with Crippen molar-refractivity contribution in [3.63, 3.8) is 0 Å². The molecule has 0 radical (unpaired) electrons. The maximum Gasteiger partial charge on any atom is 0.118 e. The molecule has 1 saturated carbocycles. The molecule has 2 nitrogen and oxygen atoms in total. The maximum atomic E-state index is 6.19. The van der Waals surface area contributed by atoms with Gasteiger partial charge < -0.3 is 10.1 Å². The van der Waals surface area contributed by atoms with Crippen molar-refractivity contribution in [3.05, 3.63) is 35.4 Å². The monoisotopic (exact) mass is 253 g/mol. The average molecular weight is 254 g/mol. The van der Waals surface area contributed by atoms with E-state index in [0.717, 1.165) is 25.6 Å². The Labute approximate surface area is 109 Å². The number of rotatable bonds is 4. The first-order chi connectivity index (χ1) is 7.80. The molecule has 1 aliphatic heterocycles. The first kappa shape index (κ1) is 12.9. The summed E-state index contributed by atoms with van der Waals surface area (Å²) in [5.74, 6) is 0.835. The molecule has 0 bridgehead atoms. The van der Waals surface area contributed by atoms with Crippen LogP contribution in [-0.2, 0) is 10.3 Å². The van der Waals surface area contributed by atoms with Gasteiger partial charge in [-0.15, -0.1) is 12.4 Å². The van der Waals surface area contributed by atoms with Crippen LogP contribution in [0.25, 0.3) is 0 Å². The number of nitrogens with one attached hydrogen (secondary N) is 1. The molecule has 1 heterocycles. The molecule has 1 aromatic rings. The number of benzene rings is 1. The van der Waals surface area contributed by atoms with Crippen molar-refractivity contribution in [1.82, 2.24) is 5.32 Å². The van der Waals surface area contributed by atoms with Crippen molar-refractivity contribution < 1.29 is 4.74 Å². The molecule has 1 aliphatic carbocycles. The standard InChI is InChI=1S/C14H19NO.ClH/c1-11-4-2-3-5-13(11)14(9-15-10-14)16-8-12-6-7-12;/h2-5,12,15H,6-10H2,1H3;1H. The van der Waals surface area contributed by atoms with Gasteiger partial charge in [0.25, 0.3) is 0 Å². The van der Waals surface area contributed by atoms with E-state index in [-0.39, 0.29) is 18.0 Å². The van der Waals surface area contributed by atoms with E-state index < -0.39 is 0 Å². The fraction of sp³-hybridized carbons (Fsp3) is 0.571. The van der Waals surface area contributed by atoms with E-state index in [4.69, 9.17) is 4.74 Å². The number of hydrogen-bond acceptors (Lipinski definition) is 2. The summed E-state index contributed by atoms with van der Waals surface area (Å²) >= 11 is 0. The van der Waals surface area contributed by atoms with Gasteiger partial charge in [-0.2, -0.15) is 0 Å². The summed E-state index contributed by atoms with van der Waals surface area (Å²) in [6.07, 6.45) is 2.72. The van der Waals surface area contributed by atoms with Gasteiger partial charge in [-0.1, -0.05) is 24.3 Å². The molecule has 94 valence electrons. The summed E-state index contributed by atoms with van der Waals surface area (Å²) in [5.41, 5.74) is 2.68. The van der Waals surface area contributed by atoms with Crippen LogP contribution in [0.3, 0.4) is 0 Å². The van der Waals surface area contributed by atoms with Gasteiger partial charge in [0.15, 0.2) is 0 Å². The lowest BCUT2D eigenvalue weighted by atomic mass is 9.85. The molecule has 1 aromatic carbocycles. The zero-order chi connectivity index (χ0) is 11.0. The molecule has 3 heteroatoms. The highest BCUT2D eigenvalue weighted by molar-refractivity contribution is 5.85. The van der Waals surface area contributed by atoms with Crippen molar-refractivity contribution in [2.24, 2.45) is 5.92 Å². The van der Waals surface area contributed by atoms with E-state index in [1.807, 2.05) is 0 Å². The topological polar surface area (TPSA) is 21.3 Å². The van der Waals surface area contributed by atoms with Gasteiger partial charge in [0.2, 0.25) is 0 Å². The third-order valence-corrected chi connectivity index (χ3v) is 3.75. The molecular formula is C14H20ClNO. The largest absolute Gasteiger partial charge is 0.367 e. The van der Waals surface area contributed by atoms with Crippen LogP contribution in [0, 0.1) is 12.8 Å². The van der Waals surface area contributed by atoms with Crippen molar-refractivity contribution in [1.29, 1.82) is 0 Å². The normalized spacial score (nSPS) is 21.5. The van der Waals surface area contributed by atoms with Crippen molar-refractivity contribution >= 4 is 12.4 Å². The molecule has 0 unspecified atom stereocenters. The predicted molar refractivity (Wildman–Crippen MR) is 71.7 cm³/mol. The molecule has 17 heavy (non-hydrogen) atoms. The quantitative estimate of drug-likeness (QED) is 0.891. The van der Waals surface area contributed by atoms with Crippen LogP contribution < -0.4 is 5.32 Å². The zero-order valence-corrected chi connectivity index (χ0v) is 11.1. The summed E-state index contributed by atoms with van der Waals surface area (Å²) in [5, 5.41) is 3.35. The van der Waals surface area contributed by atoms with Crippen LogP contribution in [0.5, 0.6) is 0 Å². The summed E-state index contributed by atoms with van der Waals surface area (Å²) in [6.45, 7) is 5.04. The average Bonchev–Trinajstić information content (AvgIpc) is 3.02. The van der Waals surface area contributed by atoms with Gasteiger partial charge in [-0.3, -0.25) is 0 Å². The number of ether oxygens (including phenoxy) is 1. The van der Waals surface area contributed by atoms with Crippen LogP contribution >= 0.6 is 12.4 Å². The molecule has 2 aliphatic rings. The smallest absolute Gasteiger partial charge is 0.118 e. The minimum Gasteiger partial charge on any atom is -0.367 e. The second-order valence-corrected chi connectivity index (χ2v) is 5.17. The minimum atomic E-state index is -0.0338. The first-order valence-corrected chi connectivity index (χ1v) is 6.21. The molecule has 3 rings (SSSR count). The van der Waals surface area contributed by atoms with Crippen LogP contribution in [0.2, 0.25) is 0 Å². The second-order valence-electron chi connectivity index (χ2n) is 5.17. The summed E-state index contributed by atoms with van der Waals surface area (Å²) in [6, 6.07) is 8.60. The SMILES string of the molecule is Cc1ccccc1C1(OCC2CC2)CNC1.Cl. The molecule has 0 aromatic heterocycles. The fourth-order valence-electron chi connectivity index (χ4n) is 2.37. The van der Waals surface area contributed by atoms with Crippen LogP contribution in [-0.4, -0.2) is 19.7 Å². The van der Waals surface area contributed by atoms with E-state index in [0.29, 0.717) is 0 Å². The molecular weight excluding hydrogens is 234 g/mol. The summed E-state index contributed by atoms with van der Waals surface area (Å²) in [7, 11) is 0. The Morgan fingerprint density at radius 1 is 1.29 bits per heavy atom. The Kier molecular flexibility index (Phi) is 3.76. The predicted octanol–water partition coefficient (Wildman–Crippen LogP) is 2.64. The molecule has 1 N–H and O–H groups in total. The molecule has 1 saturated heterocycles. The Morgan fingerprint density at radius 2 is 2.00 bits per heavy atom. The van der Waals surface area contributed by atoms with Gasteiger partial charge >= 0.3 is 0 Å². The molecule has 0 spiro atoms. The van der Waals surface area contributed by atoms with Crippen LogP contribution in [0.15, 0.2) is 24.3 Å². The molecule has 0 atom stereocenters. The van der Waals surface area contributed by atoms with Gasteiger partial charge in [-0.05, 0) is 36.8 Å². The second kappa shape index (κ2) is 4.97. The lowest BCUT2D eigenvalue weighted by Crippen LogP contribution is -2.59. The van der Waals surface area contributed by atoms with Crippen molar-refractivity contribution in [2.45, 2.75) is 25.4 Å². The van der Waals surface area contributed by atoms with Gasteiger partial charge in [-0.25, -0.2) is 0 Å². The van der Waals surface area contributed by atoms with E-state index in [9.17, 15) is 0 Å². The molecule has 0 amide bonds. The van der Waals surface area contributed by atoms with E-state index in [1.54, 1.807) is 0 Å². The minimum absolute atomic E-state index is 0. The maximum absolute atomic E-state index is 6.19. The number of hydrogen-bond donors (Lipinski definition) is 1. The third kappa shape index (κ3) is 2.49. The highest BCUT2D eigenvalue weighted by Crippen LogP contribution is 2.36. The Hall–Kier alpha value is -0.570. The third-order valence-electron chi connectivity index (χ3n) is 3.75. The number of aryl methyl sites for hydroxylation is 1. The van der Waals surface area contributed by atoms with E-state index >= 15 is 0 Å². The highest BCUT2D eigenvalue weighted by atomic mass is 35.5. The molecule has 2 fully saturated rings. The van der Waals surface area contributed by atoms with Gasteiger partial charge in [0.05, 0.1) is 6.61 Å². The number of halogens is 1. The van der Waals surface area contributed by atoms with E-state index in [2.05, 4.69) is 36.5 Å². The van der Waals surface area contributed by atoms with Crippen LogP contribution in [0.4, 0.5) is 0 Å². The summed E-state index contributed by atoms with van der Waals surface area (Å²) in [4.78, 5) is 0. The highest BCUT2D eigenvalue weighted by Gasteiger charge is 2.41. The van der Waals surface area contributed by atoms with Crippen molar-refractivity contribution in [3.8, 4) is 0 Å². The van der Waals surface area contributed by atoms with Gasteiger partial charge in [0, 0.05) is 13.1 Å². The zero-order valence-electron chi connectivity index (χ0n) is 10.2. The van der Waals surface area contributed by atoms with Gasteiger partial charge in [0.1, 0.15) is 5.60 Å². The Balaban J connectivity index is 0.00000108. The summed E-state index contributed by atoms with van der Waals surface area (Å²) < 4.78 is 6.19. The first-order valence-electron chi connectivity index (χ1n) is 6.21. The van der Waals surface area contributed by atoms with E-state index in [1.165, 1.54) is 24.0 Å². The fourth-order valence-corrected chi connectivity index (χ4v) is 2.37. The lowest BCUT2D eigenvalue weighted by molar-refractivity contribution is -0.0912. The Bertz CT molecular complexity index is 386. The van der Waals surface area contributed by atoms with Crippen LogP contribution in [0.1, 0.15) is 24.0 Å². The van der Waals surface area contributed by atoms with Crippen molar-refractivity contribution in [2.75, 3.05) is 19.7 Å².